The van der Waals surface area contributed by atoms with Gasteiger partial charge in [-0.2, -0.15) is 4.98 Å². The van der Waals surface area contributed by atoms with Crippen LogP contribution in [0.5, 0.6) is 5.75 Å². The Balaban J connectivity index is 1.35. The van der Waals surface area contributed by atoms with Crippen LogP contribution in [0.4, 0.5) is 5.69 Å². The minimum absolute atomic E-state index is 0.160. The second kappa shape index (κ2) is 8.42. The number of aromatic nitrogens is 3. The topological polar surface area (TPSA) is 90.1 Å². The van der Waals surface area contributed by atoms with Gasteiger partial charge in [0.2, 0.25) is 5.91 Å². The predicted octanol–water partition coefficient (Wildman–Crippen LogP) is 4.71. The molecule has 7 nitrogen and oxygen atoms in total. The van der Waals surface area contributed by atoms with Gasteiger partial charge in [-0.3, -0.25) is 4.79 Å². The van der Waals surface area contributed by atoms with Crippen LogP contribution in [-0.2, 0) is 4.79 Å². The summed E-state index contributed by atoms with van der Waals surface area (Å²) in [6.07, 6.45) is 3.92. The van der Waals surface area contributed by atoms with E-state index in [9.17, 15) is 4.79 Å². The number of thioether (sulfide) groups is 1. The maximum atomic E-state index is 12.3. The van der Waals surface area contributed by atoms with Crippen LogP contribution in [0.15, 0.2) is 40.0 Å². The Morgan fingerprint density at radius 1 is 1.38 bits per heavy atom. The van der Waals surface area contributed by atoms with Crippen LogP contribution in [0.2, 0.25) is 5.02 Å². The molecule has 0 spiro atoms. The molecule has 1 aliphatic rings. The minimum Gasteiger partial charge on any atom is -0.495 e. The molecule has 2 aromatic heterocycles. The summed E-state index contributed by atoms with van der Waals surface area (Å²) in [5.41, 5.74) is 2.21. The summed E-state index contributed by atoms with van der Waals surface area (Å²) in [5, 5.41) is 8.18. The number of amides is 1. The number of nitrogens with zero attached hydrogens (tertiary/aromatic N) is 3. The first kappa shape index (κ1) is 19.7. The van der Waals surface area contributed by atoms with Crippen LogP contribution in [0.25, 0.3) is 11.5 Å². The number of benzene rings is 1. The molecule has 0 unspecified atom stereocenters. The number of aryl methyl sites for hydroxylation is 1. The average molecular weight is 431 g/mol. The third-order valence-electron chi connectivity index (χ3n) is 4.47. The number of carbonyl (C=O) groups is 1. The zero-order chi connectivity index (χ0) is 20.4. The van der Waals surface area contributed by atoms with Gasteiger partial charge >= 0.3 is 0 Å². The number of hydrogen-bond acceptors (Lipinski definition) is 7. The number of methoxy groups -OCH3 is 1. The molecule has 2 heterocycles. The van der Waals surface area contributed by atoms with Crippen molar-refractivity contribution in [1.29, 1.82) is 0 Å². The van der Waals surface area contributed by atoms with Crippen LogP contribution >= 0.6 is 23.4 Å². The quantitative estimate of drug-likeness (QED) is 0.542. The Kier molecular flexibility index (Phi) is 5.73. The second-order valence-corrected chi connectivity index (χ2v) is 8.16. The SMILES string of the molecule is COc1cc(Cl)c(C)cc1NC(=O)CSc1ccc(-c2nc(C3CC3)no2)cn1. The fourth-order valence-electron chi connectivity index (χ4n) is 2.71. The standard InChI is InChI=1S/C20H19ClN4O3S/c1-11-7-15(16(27-2)8-14(11)21)23-17(26)10-29-18-6-5-13(9-22-18)20-24-19(25-28-20)12-3-4-12/h5-9,12H,3-4,10H2,1-2H3,(H,23,26). The molecule has 1 N–H and O–H groups in total. The summed E-state index contributed by atoms with van der Waals surface area (Å²) in [7, 11) is 1.54. The van der Waals surface area contributed by atoms with Crippen molar-refractivity contribution in [2.24, 2.45) is 0 Å². The summed E-state index contributed by atoms with van der Waals surface area (Å²) < 4.78 is 10.6. The van der Waals surface area contributed by atoms with Gasteiger partial charge in [0.1, 0.15) is 5.75 Å². The van der Waals surface area contributed by atoms with E-state index >= 15 is 0 Å². The molecule has 1 fully saturated rings. The van der Waals surface area contributed by atoms with Gasteiger partial charge in [-0.1, -0.05) is 28.5 Å². The van der Waals surface area contributed by atoms with Crippen LogP contribution in [0.1, 0.15) is 30.1 Å². The molecule has 150 valence electrons. The van der Waals surface area contributed by atoms with Gasteiger partial charge in [0, 0.05) is 23.2 Å². The van der Waals surface area contributed by atoms with Crippen molar-refractivity contribution < 1.29 is 14.1 Å². The number of hydrogen-bond donors (Lipinski definition) is 1. The summed E-state index contributed by atoms with van der Waals surface area (Å²) >= 11 is 7.43. The second-order valence-electron chi connectivity index (χ2n) is 6.76. The first-order valence-electron chi connectivity index (χ1n) is 9.10. The average Bonchev–Trinajstić information content (AvgIpc) is 3.46. The number of halogens is 1. The van der Waals surface area contributed by atoms with Gasteiger partial charge in [0.25, 0.3) is 5.89 Å². The Bertz CT molecular complexity index is 1030. The molecule has 0 radical (unpaired) electrons. The molecule has 0 saturated heterocycles. The lowest BCUT2D eigenvalue weighted by molar-refractivity contribution is -0.113. The number of anilines is 1. The summed E-state index contributed by atoms with van der Waals surface area (Å²) in [4.78, 5) is 21.1. The van der Waals surface area contributed by atoms with Gasteiger partial charge in [-0.25, -0.2) is 4.98 Å². The van der Waals surface area contributed by atoms with E-state index in [1.807, 2.05) is 19.1 Å². The Labute approximate surface area is 177 Å². The van der Waals surface area contributed by atoms with Crippen molar-refractivity contribution in [2.45, 2.75) is 30.7 Å². The molecule has 1 aromatic carbocycles. The maximum Gasteiger partial charge on any atom is 0.259 e. The molecule has 1 saturated carbocycles. The van der Waals surface area contributed by atoms with Crippen molar-refractivity contribution in [3.8, 4) is 17.2 Å². The van der Waals surface area contributed by atoms with E-state index in [-0.39, 0.29) is 11.7 Å². The van der Waals surface area contributed by atoms with E-state index in [0.29, 0.717) is 28.3 Å². The molecular formula is C20H19ClN4O3S. The number of rotatable bonds is 7. The molecular weight excluding hydrogens is 412 g/mol. The van der Waals surface area contributed by atoms with Crippen LogP contribution in [0, 0.1) is 6.92 Å². The highest BCUT2D eigenvalue weighted by Gasteiger charge is 2.29. The van der Waals surface area contributed by atoms with Crippen LogP contribution in [-0.4, -0.2) is 33.9 Å². The van der Waals surface area contributed by atoms with Gasteiger partial charge in [-0.05, 0) is 43.5 Å². The lowest BCUT2D eigenvalue weighted by Crippen LogP contribution is -2.15. The number of nitrogens with one attached hydrogen (secondary N) is 1. The fourth-order valence-corrected chi connectivity index (χ4v) is 3.50. The lowest BCUT2D eigenvalue weighted by Gasteiger charge is -2.12. The number of pyridine rings is 1. The first-order valence-corrected chi connectivity index (χ1v) is 10.5. The van der Waals surface area contributed by atoms with Gasteiger partial charge in [-0.15, -0.1) is 0 Å². The minimum atomic E-state index is -0.160. The van der Waals surface area contributed by atoms with E-state index in [2.05, 4.69) is 20.4 Å². The third kappa shape index (κ3) is 4.71. The predicted molar refractivity (Wildman–Crippen MR) is 112 cm³/mol. The molecule has 0 aliphatic heterocycles. The van der Waals surface area contributed by atoms with E-state index in [1.165, 1.54) is 18.9 Å². The Hall–Kier alpha value is -2.58. The lowest BCUT2D eigenvalue weighted by atomic mass is 10.2. The normalized spacial score (nSPS) is 13.3. The van der Waals surface area contributed by atoms with Crippen molar-refractivity contribution >= 4 is 35.0 Å². The van der Waals surface area contributed by atoms with Crippen LogP contribution < -0.4 is 10.1 Å². The van der Waals surface area contributed by atoms with E-state index in [1.54, 1.807) is 18.3 Å². The van der Waals surface area contributed by atoms with Crippen molar-refractivity contribution in [3.05, 3.63) is 46.9 Å². The molecule has 4 rings (SSSR count). The van der Waals surface area contributed by atoms with E-state index in [4.69, 9.17) is 20.9 Å². The highest BCUT2D eigenvalue weighted by Crippen LogP contribution is 2.39. The van der Waals surface area contributed by atoms with Gasteiger partial charge in [0.05, 0.1) is 29.1 Å². The fraction of sp³-hybridized carbons (Fsp3) is 0.300. The van der Waals surface area contributed by atoms with Crippen molar-refractivity contribution in [3.63, 3.8) is 0 Å². The molecule has 0 atom stereocenters. The third-order valence-corrected chi connectivity index (χ3v) is 5.82. The highest BCUT2D eigenvalue weighted by molar-refractivity contribution is 7.99. The smallest absolute Gasteiger partial charge is 0.259 e. The molecule has 1 aliphatic carbocycles. The highest BCUT2D eigenvalue weighted by atomic mass is 35.5. The zero-order valence-electron chi connectivity index (χ0n) is 15.9. The Morgan fingerprint density at radius 3 is 2.90 bits per heavy atom. The van der Waals surface area contributed by atoms with Crippen molar-refractivity contribution in [1.82, 2.24) is 15.1 Å². The molecule has 1 amide bonds. The summed E-state index contributed by atoms with van der Waals surface area (Å²) in [6.45, 7) is 1.87. The molecule has 3 aromatic rings. The summed E-state index contributed by atoms with van der Waals surface area (Å²) in [5.74, 6) is 2.25. The molecule has 9 heteroatoms. The van der Waals surface area contributed by atoms with Gasteiger partial charge in [0.15, 0.2) is 5.82 Å². The van der Waals surface area contributed by atoms with E-state index < -0.39 is 0 Å². The van der Waals surface area contributed by atoms with Crippen molar-refractivity contribution in [2.75, 3.05) is 18.2 Å². The van der Waals surface area contributed by atoms with Crippen LogP contribution in [0.3, 0.4) is 0 Å². The molecule has 0 bridgehead atoms. The first-order chi connectivity index (χ1) is 14.0. The zero-order valence-corrected chi connectivity index (χ0v) is 17.5. The number of ether oxygens (including phenoxy) is 1. The molecule has 29 heavy (non-hydrogen) atoms. The van der Waals surface area contributed by atoms with Gasteiger partial charge < -0.3 is 14.6 Å². The maximum absolute atomic E-state index is 12.3. The monoisotopic (exact) mass is 430 g/mol. The summed E-state index contributed by atoms with van der Waals surface area (Å²) in [6, 6.07) is 7.17. The Morgan fingerprint density at radius 2 is 2.21 bits per heavy atom. The van der Waals surface area contributed by atoms with E-state index in [0.717, 1.165) is 34.8 Å². The number of carbonyl (C=O) groups excluding carboxylic acids is 1. The largest absolute Gasteiger partial charge is 0.495 e.